The first-order valence-electron chi connectivity index (χ1n) is 15.2. The fourth-order valence-corrected chi connectivity index (χ4v) is 7.61. The Hall–Kier alpha value is -5.37. The van der Waals surface area contributed by atoms with Gasteiger partial charge in [0.25, 0.3) is 5.69 Å². The maximum absolute atomic E-state index is 15.0. The van der Waals surface area contributed by atoms with E-state index in [-0.39, 0.29) is 28.7 Å². The average Bonchev–Trinajstić information content (AvgIpc) is 3.53. The monoisotopic (exact) mass is 597 g/mol. The van der Waals surface area contributed by atoms with Gasteiger partial charge in [-0.1, -0.05) is 80.1 Å². The number of allylic oxidation sites excluding steroid dienone is 1. The minimum absolute atomic E-state index is 0.141. The molecule has 0 aromatic heterocycles. The van der Waals surface area contributed by atoms with Crippen molar-refractivity contribution in [1.29, 1.82) is 0 Å². The lowest BCUT2D eigenvalue weighted by molar-refractivity contribution is -0.384. The summed E-state index contributed by atoms with van der Waals surface area (Å²) in [6.45, 7) is 4.08. The van der Waals surface area contributed by atoms with E-state index in [2.05, 4.69) is 12.2 Å². The van der Waals surface area contributed by atoms with E-state index >= 15 is 0 Å². The molecular weight excluding hydrogens is 566 g/mol. The lowest BCUT2D eigenvalue weighted by Crippen LogP contribution is -2.51. The number of Topliss-reactive ketones (excluding diaryl/α,β-unsaturated/α-hetero) is 2. The summed E-state index contributed by atoms with van der Waals surface area (Å²) < 4.78 is 0. The molecule has 7 rings (SSSR count). The van der Waals surface area contributed by atoms with E-state index < -0.39 is 28.3 Å². The molecule has 1 fully saturated rings. The van der Waals surface area contributed by atoms with Crippen LogP contribution in [0.25, 0.3) is 5.57 Å². The van der Waals surface area contributed by atoms with E-state index in [1.807, 2.05) is 78.6 Å². The normalized spacial score (nSPS) is 22.7. The van der Waals surface area contributed by atoms with E-state index in [1.54, 1.807) is 12.1 Å². The first-order valence-corrected chi connectivity index (χ1v) is 15.2. The van der Waals surface area contributed by atoms with Crippen molar-refractivity contribution >= 4 is 40.1 Å². The molecule has 4 aromatic carbocycles. The summed E-state index contributed by atoms with van der Waals surface area (Å²) in [5, 5.41) is 14.4. The third-order valence-corrected chi connectivity index (χ3v) is 9.57. The Bertz CT molecular complexity index is 1910. The van der Waals surface area contributed by atoms with Gasteiger partial charge in [0, 0.05) is 40.2 Å². The number of carbonyl (C=O) groups is 3. The molecule has 45 heavy (non-hydrogen) atoms. The van der Waals surface area contributed by atoms with Crippen LogP contribution in [0, 0.1) is 16.0 Å². The number of non-ortho nitro benzene ring substituents is 1. The molecule has 8 heteroatoms. The van der Waals surface area contributed by atoms with Gasteiger partial charge in [0.1, 0.15) is 11.5 Å². The number of hydrogen-bond donors (Lipinski definition) is 1. The van der Waals surface area contributed by atoms with Gasteiger partial charge in [-0.15, -0.1) is 0 Å². The lowest BCUT2D eigenvalue weighted by atomic mass is 9.64. The second-order valence-corrected chi connectivity index (χ2v) is 12.0. The number of fused-ring (bicyclic) bond motifs is 6. The first kappa shape index (κ1) is 28.4. The summed E-state index contributed by atoms with van der Waals surface area (Å²) in [6.07, 6.45) is 3.84. The quantitative estimate of drug-likeness (QED) is 0.143. The van der Waals surface area contributed by atoms with Crippen LogP contribution in [0.15, 0.2) is 103 Å². The molecule has 8 nitrogen and oxygen atoms in total. The molecule has 0 saturated carbocycles. The molecule has 224 valence electrons. The van der Waals surface area contributed by atoms with Gasteiger partial charge in [0.2, 0.25) is 5.91 Å². The second kappa shape index (κ2) is 10.7. The van der Waals surface area contributed by atoms with Crippen molar-refractivity contribution < 1.29 is 19.3 Å². The molecule has 3 aliphatic rings. The fourth-order valence-electron chi connectivity index (χ4n) is 7.61. The molecule has 1 N–H and O–H groups in total. The summed E-state index contributed by atoms with van der Waals surface area (Å²) in [6, 6.07) is 26.3. The van der Waals surface area contributed by atoms with E-state index in [4.69, 9.17) is 0 Å². The number of nitro benzene ring substituents is 1. The molecule has 3 heterocycles. The van der Waals surface area contributed by atoms with E-state index in [0.717, 1.165) is 35.2 Å². The Kier molecular flexibility index (Phi) is 6.73. The smallest absolute Gasteiger partial charge is 0.269 e. The largest absolute Gasteiger partial charge is 0.352 e. The number of nitro groups is 1. The van der Waals surface area contributed by atoms with Crippen molar-refractivity contribution in [2.45, 2.75) is 44.2 Å². The topological polar surface area (TPSA) is 110 Å². The first-order chi connectivity index (χ1) is 21.8. The highest BCUT2D eigenvalue weighted by atomic mass is 16.6. The molecule has 1 spiro atoms. The maximum Gasteiger partial charge on any atom is 0.269 e. The predicted molar refractivity (Wildman–Crippen MR) is 173 cm³/mol. The minimum atomic E-state index is -1.42. The zero-order valence-electron chi connectivity index (χ0n) is 24.9. The molecule has 1 saturated heterocycles. The van der Waals surface area contributed by atoms with Gasteiger partial charge in [-0.05, 0) is 54.3 Å². The summed E-state index contributed by atoms with van der Waals surface area (Å²) in [7, 11) is 0. The Morgan fingerprint density at radius 3 is 2.24 bits per heavy atom. The van der Waals surface area contributed by atoms with Crippen LogP contribution in [0.2, 0.25) is 0 Å². The van der Waals surface area contributed by atoms with Crippen molar-refractivity contribution in [3.05, 3.63) is 141 Å². The Balaban J connectivity index is 1.50. The van der Waals surface area contributed by atoms with Gasteiger partial charge < -0.3 is 10.2 Å². The van der Waals surface area contributed by atoms with Crippen LogP contribution in [0.3, 0.4) is 0 Å². The highest BCUT2D eigenvalue weighted by Crippen LogP contribution is 2.58. The van der Waals surface area contributed by atoms with Crippen molar-refractivity contribution in [1.82, 2.24) is 0 Å². The molecule has 4 atom stereocenters. The van der Waals surface area contributed by atoms with Crippen molar-refractivity contribution in [3.63, 3.8) is 0 Å². The van der Waals surface area contributed by atoms with Gasteiger partial charge >= 0.3 is 0 Å². The van der Waals surface area contributed by atoms with Crippen LogP contribution in [0.4, 0.5) is 17.1 Å². The molecule has 4 aromatic rings. The second-order valence-electron chi connectivity index (χ2n) is 12.0. The highest BCUT2D eigenvalue weighted by Gasteiger charge is 2.70. The van der Waals surface area contributed by atoms with Gasteiger partial charge in [-0.25, -0.2) is 0 Å². The van der Waals surface area contributed by atoms with Crippen LogP contribution in [-0.2, 0) is 16.6 Å². The third kappa shape index (κ3) is 4.16. The van der Waals surface area contributed by atoms with Crippen molar-refractivity contribution in [3.8, 4) is 0 Å². The number of nitrogens with zero attached hydrogens (tertiary/aromatic N) is 2. The van der Waals surface area contributed by atoms with Crippen LogP contribution < -0.4 is 10.2 Å². The maximum atomic E-state index is 15.0. The van der Waals surface area contributed by atoms with E-state index in [1.165, 1.54) is 24.3 Å². The Morgan fingerprint density at radius 2 is 1.53 bits per heavy atom. The van der Waals surface area contributed by atoms with Crippen LogP contribution in [0.5, 0.6) is 0 Å². The summed E-state index contributed by atoms with van der Waals surface area (Å²) in [5.41, 5.74) is 4.09. The summed E-state index contributed by atoms with van der Waals surface area (Å²) >= 11 is 0. The number of nitrogens with one attached hydrogen (secondary N) is 1. The SMILES string of the molecule is CCCc1ccc(C(=O)[C@@H]2[C@H](C(=O)c3ccc([N+](=O)[O-])cc3)N3c4ccccc4C(C)=C[C@@H]3[C@@]23C(=O)Nc2ccccc23)cc1. The molecule has 0 radical (unpaired) electrons. The standard InChI is InChI=1S/C37H31N3O5/c1-3-8-23-13-15-24(16-14-23)34(41)32-33(35(42)25-17-19-26(20-18-25)40(44)45)39-30-12-7-4-9-27(30)22(2)21-31(39)37(32)28-10-5-6-11-29(28)38-36(37)43/h4-7,9-21,31-33H,3,8H2,1-2H3,(H,38,43)/t31-,32+,33-,37-/m1/s1. The number of hydrogen-bond acceptors (Lipinski definition) is 6. The van der Waals surface area contributed by atoms with Gasteiger partial charge in [0.15, 0.2) is 11.6 Å². The lowest BCUT2D eigenvalue weighted by Gasteiger charge is -2.39. The van der Waals surface area contributed by atoms with Gasteiger partial charge in [0.05, 0.1) is 16.9 Å². The number of carbonyl (C=O) groups excluding carboxylic acids is 3. The van der Waals surface area contributed by atoms with Crippen molar-refractivity contribution in [2.24, 2.45) is 5.92 Å². The molecule has 0 bridgehead atoms. The predicted octanol–water partition coefficient (Wildman–Crippen LogP) is 6.79. The van der Waals surface area contributed by atoms with Crippen LogP contribution >= 0.6 is 0 Å². The summed E-state index contributed by atoms with van der Waals surface area (Å²) in [5.74, 6) is -2.13. The molecular formula is C37H31N3O5. The zero-order chi connectivity index (χ0) is 31.5. The Morgan fingerprint density at radius 1 is 0.889 bits per heavy atom. The van der Waals surface area contributed by atoms with E-state index in [0.29, 0.717) is 16.8 Å². The molecule has 3 aliphatic heterocycles. The van der Waals surface area contributed by atoms with Crippen LogP contribution in [0.1, 0.15) is 57.7 Å². The van der Waals surface area contributed by atoms with Gasteiger partial charge in [-0.2, -0.15) is 0 Å². The Labute approximate surface area is 260 Å². The minimum Gasteiger partial charge on any atom is -0.352 e. The number of aryl methyl sites for hydroxylation is 1. The molecule has 0 unspecified atom stereocenters. The number of anilines is 2. The van der Waals surface area contributed by atoms with Crippen molar-refractivity contribution in [2.75, 3.05) is 10.2 Å². The number of ketones is 2. The highest BCUT2D eigenvalue weighted by molar-refractivity contribution is 6.18. The van der Waals surface area contributed by atoms with Gasteiger partial charge in [-0.3, -0.25) is 24.5 Å². The molecule has 1 amide bonds. The summed E-state index contributed by atoms with van der Waals surface area (Å²) in [4.78, 5) is 57.2. The number of benzene rings is 4. The van der Waals surface area contributed by atoms with E-state index in [9.17, 15) is 24.5 Å². The molecule has 0 aliphatic carbocycles. The zero-order valence-corrected chi connectivity index (χ0v) is 24.9. The number of amides is 1. The number of rotatable bonds is 7. The number of para-hydroxylation sites is 2. The fraction of sp³-hybridized carbons (Fsp3) is 0.216. The average molecular weight is 598 g/mol. The third-order valence-electron chi connectivity index (χ3n) is 9.57. The van der Waals surface area contributed by atoms with Crippen LogP contribution in [-0.4, -0.2) is 34.5 Å².